The molecule has 0 bridgehead atoms. The third kappa shape index (κ3) is 70.6. The second-order valence-electron chi connectivity index (χ2n) is 36.4. The Morgan fingerprint density at radius 2 is 0.465 bits per heavy atom. The zero-order valence-corrected chi connectivity index (χ0v) is 78.0. The molecule has 0 heterocycles. The molecule has 0 aliphatic carbocycles. The van der Waals surface area contributed by atoms with Crippen LogP contribution in [0.1, 0.15) is 520 Å². The second kappa shape index (κ2) is 80.8. The minimum absolute atomic E-state index is 0.0284. The summed E-state index contributed by atoms with van der Waals surface area (Å²) in [6, 6.07) is 0. The lowest BCUT2D eigenvalue weighted by atomic mass is 9.87. The van der Waals surface area contributed by atoms with Crippen LogP contribution in [0.25, 0.3) is 0 Å². The van der Waals surface area contributed by atoms with Crippen molar-refractivity contribution in [2.45, 2.75) is 544 Å². The van der Waals surface area contributed by atoms with Gasteiger partial charge in [0.25, 0.3) is 0 Å². The zero-order chi connectivity index (χ0) is 83.9. The summed E-state index contributed by atoms with van der Waals surface area (Å²) in [5.74, 6) is -0.474. The van der Waals surface area contributed by atoms with E-state index in [-0.39, 0.29) is 72.9 Å². The highest BCUT2D eigenvalue weighted by Crippen LogP contribution is 2.30. The van der Waals surface area contributed by atoms with E-state index in [0.29, 0.717) is 39.0 Å². The molecule has 2 atom stereocenters. The molecular formula is C100H194N4O10. The normalized spacial score (nSPS) is 12.5. The smallest absolute Gasteiger partial charge is 0.311 e. The first-order valence-corrected chi connectivity index (χ1v) is 50.1. The summed E-state index contributed by atoms with van der Waals surface area (Å²) < 4.78 is 24.7. The van der Waals surface area contributed by atoms with E-state index in [2.05, 4.69) is 75.8 Å². The molecule has 0 radical (unpaired) electrons. The summed E-state index contributed by atoms with van der Waals surface area (Å²) in [5.41, 5.74) is -1.14. The van der Waals surface area contributed by atoms with Crippen LogP contribution in [-0.4, -0.2) is 122 Å². The Hall–Kier alpha value is -3.26. The lowest BCUT2D eigenvalue weighted by Crippen LogP contribution is -2.38. The van der Waals surface area contributed by atoms with Gasteiger partial charge in [-0.3, -0.25) is 28.8 Å². The Bertz CT molecular complexity index is 2000. The van der Waals surface area contributed by atoms with Crippen molar-refractivity contribution in [3.05, 3.63) is 0 Å². The van der Waals surface area contributed by atoms with E-state index < -0.39 is 10.8 Å². The van der Waals surface area contributed by atoms with Crippen molar-refractivity contribution in [1.82, 2.24) is 20.4 Å². The third-order valence-corrected chi connectivity index (χ3v) is 24.3. The van der Waals surface area contributed by atoms with Gasteiger partial charge in [0.1, 0.15) is 24.4 Å². The molecule has 2 N–H and O–H groups in total. The van der Waals surface area contributed by atoms with Crippen molar-refractivity contribution >= 4 is 35.7 Å². The van der Waals surface area contributed by atoms with Crippen molar-refractivity contribution in [1.29, 1.82) is 0 Å². The molecule has 114 heavy (non-hydrogen) atoms. The fourth-order valence-electron chi connectivity index (χ4n) is 16.0. The van der Waals surface area contributed by atoms with Gasteiger partial charge in [-0.15, -0.1) is 0 Å². The molecule has 674 valence electrons. The SMILES string of the molecule is CCCCCCCCCCC(CC)OC(=O)C(C)(C)CCCCN(CCCCCCCC(=O)OC(CCCCCCCC)CCCCCCCC)CCNC(=O)CCC(=O)NCCN(CCCCCCCC(=O)OC(CCCCCCCC)CCCCCCCC)CCCCC(C)(C)C(=O)O[C@H](CC)CCCCCCCCCC. The minimum Gasteiger partial charge on any atom is -0.462 e. The summed E-state index contributed by atoms with van der Waals surface area (Å²) in [6.45, 7) is 31.9. The van der Waals surface area contributed by atoms with Crippen LogP contribution in [0.4, 0.5) is 0 Å². The third-order valence-electron chi connectivity index (χ3n) is 24.3. The molecule has 1 unspecified atom stereocenters. The number of nitrogens with zero attached hydrogens (tertiary/aromatic N) is 2. The molecule has 0 aliphatic rings. The van der Waals surface area contributed by atoms with Crippen molar-refractivity contribution in [2.75, 3.05) is 52.4 Å². The first kappa shape index (κ1) is 111. The quantitative estimate of drug-likeness (QED) is 0.0336. The van der Waals surface area contributed by atoms with Crippen LogP contribution in [0, 0.1) is 10.8 Å². The van der Waals surface area contributed by atoms with Crippen molar-refractivity contribution in [3.8, 4) is 0 Å². The van der Waals surface area contributed by atoms with E-state index in [4.69, 9.17) is 18.9 Å². The molecule has 0 aliphatic heterocycles. The molecule has 14 heteroatoms. The van der Waals surface area contributed by atoms with Crippen LogP contribution < -0.4 is 10.6 Å². The average molecular weight is 1610 g/mol. The van der Waals surface area contributed by atoms with Crippen LogP contribution in [0.15, 0.2) is 0 Å². The van der Waals surface area contributed by atoms with Crippen molar-refractivity contribution < 1.29 is 47.7 Å². The first-order chi connectivity index (χ1) is 55.3. The monoisotopic (exact) mass is 1610 g/mol. The molecule has 0 fully saturated rings. The fraction of sp³-hybridized carbons (Fsp3) is 0.940. The summed E-state index contributed by atoms with van der Waals surface area (Å²) in [5, 5.41) is 6.29. The first-order valence-electron chi connectivity index (χ1n) is 50.1. The molecule has 0 aromatic rings. The number of amides is 2. The maximum atomic E-state index is 13.6. The minimum atomic E-state index is -0.570. The van der Waals surface area contributed by atoms with Gasteiger partial charge in [-0.2, -0.15) is 0 Å². The molecule has 0 spiro atoms. The molecule has 0 saturated carbocycles. The number of nitrogens with one attached hydrogen (secondary N) is 2. The molecule has 0 aromatic carbocycles. The fourth-order valence-corrected chi connectivity index (χ4v) is 16.0. The van der Waals surface area contributed by atoms with Crippen LogP contribution in [0.5, 0.6) is 0 Å². The maximum Gasteiger partial charge on any atom is 0.311 e. The van der Waals surface area contributed by atoms with E-state index in [1.807, 2.05) is 27.7 Å². The molecule has 2 amide bonds. The lowest BCUT2D eigenvalue weighted by Gasteiger charge is -2.27. The van der Waals surface area contributed by atoms with Gasteiger partial charge in [-0.05, 0) is 195 Å². The standard InChI is InChI=1S/C100H194N4O10/c1-13-21-27-33-39-41-49-55-69-89(19-7)113-97(109)99(9,10)79-63-67-85-103(83-65-53-43-51-61-75-95(107)111-91(71-57-45-35-29-23-15-3)72-58-46-36-30-24-16-4)87-81-101-93(105)77-78-94(106)102-82-88-104(86-68-64-80-100(11,12)98(110)114-90(20-8)70-56-50-42-40-34-28-22-14-2)84-66-54-44-52-62-76-96(108)112-92(73-59-47-37-31-25-17-5)74-60-48-38-32-26-18-6/h89-92H,13-88H2,1-12H3,(H,101,105)(H,102,106)/t89-,90?/m1/s1. The summed E-state index contributed by atoms with van der Waals surface area (Å²) in [7, 11) is 0. The molecular weight excluding hydrogens is 1420 g/mol. The van der Waals surface area contributed by atoms with Gasteiger partial charge in [-0.1, -0.05) is 325 Å². The van der Waals surface area contributed by atoms with E-state index in [0.717, 1.165) is 219 Å². The van der Waals surface area contributed by atoms with Gasteiger partial charge in [0, 0.05) is 51.9 Å². The Morgan fingerprint density at radius 3 is 0.719 bits per heavy atom. The number of carbonyl (C=O) groups is 6. The molecule has 0 saturated heterocycles. The van der Waals surface area contributed by atoms with Crippen LogP contribution in [0.3, 0.4) is 0 Å². The number of hydrogen-bond acceptors (Lipinski definition) is 12. The topological polar surface area (TPSA) is 170 Å². The van der Waals surface area contributed by atoms with Gasteiger partial charge < -0.3 is 39.4 Å². The molecule has 14 nitrogen and oxygen atoms in total. The van der Waals surface area contributed by atoms with Crippen LogP contribution in [-0.2, 0) is 47.7 Å². The Balaban J connectivity index is 5.80. The Morgan fingerprint density at radius 1 is 0.246 bits per heavy atom. The summed E-state index contributed by atoms with van der Waals surface area (Å²) >= 11 is 0. The van der Waals surface area contributed by atoms with Crippen molar-refractivity contribution in [2.24, 2.45) is 10.8 Å². The zero-order valence-electron chi connectivity index (χ0n) is 78.0. The van der Waals surface area contributed by atoms with Gasteiger partial charge in [0.05, 0.1) is 10.8 Å². The van der Waals surface area contributed by atoms with Gasteiger partial charge in [-0.25, -0.2) is 0 Å². The van der Waals surface area contributed by atoms with E-state index in [1.54, 1.807) is 0 Å². The average Bonchev–Trinajstić information content (AvgIpc) is 0.877. The van der Waals surface area contributed by atoms with E-state index in [9.17, 15) is 28.8 Å². The number of rotatable bonds is 89. The second-order valence-corrected chi connectivity index (χ2v) is 36.4. The van der Waals surface area contributed by atoms with Crippen molar-refractivity contribution in [3.63, 3.8) is 0 Å². The molecule has 0 aromatic heterocycles. The number of esters is 4. The van der Waals surface area contributed by atoms with E-state index in [1.165, 1.54) is 218 Å². The Labute approximate surface area is 707 Å². The highest BCUT2D eigenvalue weighted by Gasteiger charge is 2.32. The van der Waals surface area contributed by atoms with Gasteiger partial charge in [0.15, 0.2) is 0 Å². The summed E-state index contributed by atoms with van der Waals surface area (Å²) in [4.78, 5) is 85.5. The van der Waals surface area contributed by atoms with Gasteiger partial charge >= 0.3 is 23.9 Å². The lowest BCUT2D eigenvalue weighted by molar-refractivity contribution is -0.161. The largest absolute Gasteiger partial charge is 0.462 e. The number of ether oxygens (including phenoxy) is 4. The summed E-state index contributed by atoms with van der Waals surface area (Å²) in [6.07, 6.45) is 74.1. The predicted molar refractivity (Wildman–Crippen MR) is 485 cm³/mol. The number of hydrogen-bond donors (Lipinski definition) is 2. The highest BCUT2D eigenvalue weighted by atomic mass is 16.6. The van der Waals surface area contributed by atoms with E-state index >= 15 is 0 Å². The highest BCUT2D eigenvalue weighted by molar-refractivity contribution is 5.83. The maximum absolute atomic E-state index is 13.6. The van der Waals surface area contributed by atoms with Crippen LogP contribution >= 0.6 is 0 Å². The predicted octanol–water partition coefficient (Wildman–Crippen LogP) is 28.2. The number of carbonyl (C=O) groups excluding carboxylic acids is 6. The Kier molecular flexibility index (Phi) is 78.5. The van der Waals surface area contributed by atoms with Gasteiger partial charge in [0.2, 0.25) is 11.8 Å². The molecule has 0 rings (SSSR count). The van der Waals surface area contributed by atoms with Crippen LogP contribution in [0.2, 0.25) is 0 Å². The number of unbranched alkanes of at least 4 members (excludes halogenated alkanes) is 44.